The predicted octanol–water partition coefficient (Wildman–Crippen LogP) is 4.83. The fourth-order valence-corrected chi connectivity index (χ4v) is 4.81. The first-order valence-electron chi connectivity index (χ1n) is 12.0. The lowest BCUT2D eigenvalue weighted by Gasteiger charge is -2.25. The molecule has 10 heteroatoms. The monoisotopic (exact) mass is 496 g/mol. The molecule has 7 nitrogen and oxygen atoms in total. The number of fused-ring (bicyclic) bond motifs is 2. The van der Waals surface area contributed by atoms with Crippen molar-refractivity contribution in [3.63, 3.8) is 0 Å². The molecule has 1 aliphatic rings. The summed E-state index contributed by atoms with van der Waals surface area (Å²) >= 11 is 0. The van der Waals surface area contributed by atoms with Crippen LogP contribution < -0.4 is 5.32 Å². The maximum absolute atomic E-state index is 13.2. The molecule has 0 saturated carbocycles. The molecule has 0 aliphatic carbocycles. The molecule has 1 amide bonds. The Hall–Kier alpha value is -3.69. The van der Waals surface area contributed by atoms with E-state index in [1.165, 1.54) is 0 Å². The molecular weight excluding hydrogens is 469 g/mol. The summed E-state index contributed by atoms with van der Waals surface area (Å²) in [4.78, 5) is 21.8. The SMILES string of the molecule is CCc1nc2ncc(C)cn2c1C(=O)NCc1ccc(-c2nn3c(c2C)CC(C(F)(F)F)CC3)cc1. The number of rotatable bonds is 5. The molecular formula is C26H27F3N6O. The fraction of sp³-hybridized carbons (Fsp3) is 0.385. The average Bonchev–Trinajstić information content (AvgIpc) is 3.39. The molecule has 4 heterocycles. The lowest BCUT2D eigenvalue weighted by molar-refractivity contribution is -0.179. The highest BCUT2D eigenvalue weighted by Gasteiger charge is 2.42. The van der Waals surface area contributed by atoms with Gasteiger partial charge in [0.25, 0.3) is 5.91 Å². The number of hydrogen-bond donors (Lipinski definition) is 1. The molecule has 1 aromatic carbocycles. The van der Waals surface area contributed by atoms with Crippen molar-refractivity contribution in [1.29, 1.82) is 0 Å². The van der Waals surface area contributed by atoms with Gasteiger partial charge in [0.15, 0.2) is 0 Å². The Labute approximate surface area is 206 Å². The van der Waals surface area contributed by atoms with E-state index in [0.29, 0.717) is 41.5 Å². The summed E-state index contributed by atoms with van der Waals surface area (Å²) in [6.07, 6.45) is 0.00407. The number of nitrogens with zero attached hydrogens (tertiary/aromatic N) is 5. The van der Waals surface area contributed by atoms with Gasteiger partial charge in [0, 0.05) is 43.2 Å². The van der Waals surface area contributed by atoms with E-state index < -0.39 is 12.1 Å². The number of nitrogens with one attached hydrogen (secondary N) is 1. The van der Waals surface area contributed by atoms with E-state index in [9.17, 15) is 18.0 Å². The molecule has 1 unspecified atom stereocenters. The number of amides is 1. The predicted molar refractivity (Wildman–Crippen MR) is 129 cm³/mol. The number of aromatic nitrogens is 5. The average molecular weight is 497 g/mol. The Morgan fingerprint density at radius 1 is 1.19 bits per heavy atom. The van der Waals surface area contributed by atoms with Crippen molar-refractivity contribution in [2.45, 2.75) is 59.3 Å². The quantitative estimate of drug-likeness (QED) is 0.430. The highest BCUT2D eigenvalue weighted by atomic mass is 19.4. The van der Waals surface area contributed by atoms with E-state index in [0.717, 1.165) is 22.3 Å². The summed E-state index contributed by atoms with van der Waals surface area (Å²) in [6.45, 7) is 6.28. The van der Waals surface area contributed by atoms with Crippen molar-refractivity contribution in [2.75, 3.05) is 0 Å². The largest absolute Gasteiger partial charge is 0.392 e. The van der Waals surface area contributed by atoms with Gasteiger partial charge in [0.2, 0.25) is 5.78 Å². The second kappa shape index (κ2) is 9.07. The number of hydrogen-bond acceptors (Lipinski definition) is 4. The molecule has 1 N–H and O–H groups in total. The lowest BCUT2D eigenvalue weighted by atomic mass is 9.93. The van der Waals surface area contributed by atoms with Crippen LogP contribution in [-0.2, 0) is 25.9 Å². The highest BCUT2D eigenvalue weighted by Crippen LogP contribution is 2.37. The van der Waals surface area contributed by atoms with Crippen molar-refractivity contribution >= 4 is 11.7 Å². The molecule has 0 saturated heterocycles. The summed E-state index contributed by atoms with van der Waals surface area (Å²) in [6, 6.07) is 7.58. The molecule has 1 atom stereocenters. The topological polar surface area (TPSA) is 77.1 Å². The number of alkyl halides is 3. The molecule has 0 radical (unpaired) electrons. The van der Waals surface area contributed by atoms with Crippen LogP contribution in [0.25, 0.3) is 17.0 Å². The summed E-state index contributed by atoms with van der Waals surface area (Å²) in [5, 5.41) is 7.56. The first-order valence-corrected chi connectivity index (χ1v) is 12.0. The number of carbonyl (C=O) groups excluding carboxylic acids is 1. The zero-order chi connectivity index (χ0) is 25.6. The summed E-state index contributed by atoms with van der Waals surface area (Å²) in [5.41, 5.74) is 5.97. The second-order valence-corrected chi connectivity index (χ2v) is 9.32. The minimum Gasteiger partial charge on any atom is -0.347 e. The van der Waals surface area contributed by atoms with Crippen LogP contribution in [0, 0.1) is 19.8 Å². The highest BCUT2D eigenvalue weighted by molar-refractivity contribution is 5.94. The van der Waals surface area contributed by atoms with Crippen LogP contribution in [0.4, 0.5) is 13.2 Å². The van der Waals surface area contributed by atoms with Crippen molar-refractivity contribution < 1.29 is 18.0 Å². The van der Waals surface area contributed by atoms with Crippen LogP contribution in [0.2, 0.25) is 0 Å². The van der Waals surface area contributed by atoms with Crippen molar-refractivity contribution in [1.82, 2.24) is 29.5 Å². The smallest absolute Gasteiger partial charge is 0.347 e. The number of carbonyl (C=O) groups is 1. The zero-order valence-corrected chi connectivity index (χ0v) is 20.4. The van der Waals surface area contributed by atoms with E-state index in [-0.39, 0.29) is 25.3 Å². The number of aryl methyl sites for hydroxylation is 3. The van der Waals surface area contributed by atoms with Crippen LogP contribution in [0.3, 0.4) is 0 Å². The Morgan fingerprint density at radius 3 is 2.64 bits per heavy atom. The summed E-state index contributed by atoms with van der Waals surface area (Å²) in [5.74, 6) is -1.06. The number of halogens is 3. The minimum absolute atomic E-state index is 0.0372. The van der Waals surface area contributed by atoms with E-state index in [1.54, 1.807) is 15.3 Å². The molecule has 5 rings (SSSR count). The van der Waals surface area contributed by atoms with Crippen LogP contribution in [-0.4, -0.2) is 36.2 Å². The molecule has 3 aromatic heterocycles. The third-order valence-corrected chi connectivity index (χ3v) is 6.82. The molecule has 1 aliphatic heterocycles. The van der Waals surface area contributed by atoms with E-state index in [1.807, 2.05) is 51.2 Å². The second-order valence-electron chi connectivity index (χ2n) is 9.32. The van der Waals surface area contributed by atoms with E-state index in [4.69, 9.17) is 0 Å². The maximum atomic E-state index is 13.2. The normalized spacial score (nSPS) is 15.8. The van der Waals surface area contributed by atoms with Gasteiger partial charge in [-0.25, -0.2) is 9.97 Å². The van der Waals surface area contributed by atoms with Gasteiger partial charge in [0.05, 0.1) is 17.3 Å². The molecule has 0 spiro atoms. The van der Waals surface area contributed by atoms with Gasteiger partial charge in [-0.3, -0.25) is 13.9 Å². The van der Waals surface area contributed by atoms with Gasteiger partial charge in [0.1, 0.15) is 5.69 Å². The fourth-order valence-electron chi connectivity index (χ4n) is 4.81. The Bertz CT molecular complexity index is 1430. The van der Waals surface area contributed by atoms with Crippen molar-refractivity contribution in [2.24, 2.45) is 5.92 Å². The van der Waals surface area contributed by atoms with Gasteiger partial charge in [-0.15, -0.1) is 0 Å². The molecule has 0 bridgehead atoms. The Balaban J connectivity index is 1.31. The van der Waals surface area contributed by atoms with Gasteiger partial charge in [-0.05, 0) is 43.4 Å². The standard InChI is InChI=1S/C26H27F3N6O/c1-4-20-23(34-14-15(2)12-31-25(34)32-20)24(36)30-13-17-5-7-18(8-6-17)22-16(3)21-11-19(26(27,28)29)9-10-35(21)33-22/h5-8,12,14,19H,4,9-11,13H2,1-3H3,(H,30,36). The van der Waals surface area contributed by atoms with Gasteiger partial charge >= 0.3 is 6.18 Å². The van der Waals surface area contributed by atoms with Crippen LogP contribution >= 0.6 is 0 Å². The third-order valence-electron chi connectivity index (χ3n) is 6.82. The Kier molecular flexibility index (Phi) is 6.05. The van der Waals surface area contributed by atoms with E-state index >= 15 is 0 Å². The van der Waals surface area contributed by atoms with Crippen molar-refractivity contribution in [3.05, 3.63) is 70.4 Å². The zero-order valence-electron chi connectivity index (χ0n) is 20.4. The third kappa shape index (κ3) is 4.36. The molecule has 4 aromatic rings. The van der Waals surface area contributed by atoms with Crippen LogP contribution in [0.15, 0.2) is 36.7 Å². The van der Waals surface area contributed by atoms with Gasteiger partial charge < -0.3 is 5.32 Å². The molecule has 0 fully saturated rings. The maximum Gasteiger partial charge on any atom is 0.392 e. The van der Waals surface area contributed by atoms with Crippen LogP contribution in [0.5, 0.6) is 0 Å². The van der Waals surface area contributed by atoms with Crippen molar-refractivity contribution in [3.8, 4) is 11.3 Å². The van der Waals surface area contributed by atoms with Crippen LogP contribution in [0.1, 0.15) is 51.9 Å². The summed E-state index contributed by atoms with van der Waals surface area (Å²) in [7, 11) is 0. The first kappa shape index (κ1) is 24.0. The molecule has 36 heavy (non-hydrogen) atoms. The first-order chi connectivity index (χ1) is 17.2. The number of benzene rings is 1. The van der Waals surface area contributed by atoms with E-state index in [2.05, 4.69) is 20.4 Å². The molecule has 188 valence electrons. The van der Waals surface area contributed by atoms with Gasteiger partial charge in [-0.1, -0.05) is 31.2 Å². The lowest BCUT2D eigenvalue weighted by Crippen LogP contribution is -2.31. The number of imidazole rings is 1. The summed E-state index contributed by atoms with van der Waals surface area (Å²) < 4.78 is 43.1. The Morgan fingerprint density at radius 2 is 1.94 bits per heavy atom. The van der Waals surface area contributed by atoms with Gasteiger partial charge in [-0.2, -0.15) is 18.3 Å². The minimum atomic E-state index is -4.19.